The van der Waals surface area contributed by atoms with E-state index in [1.165, 1.54) is 0 Å². The molecule has 1 saturated carbocycles. The second-order valence-corrected chi connectivity index (χ2v) is 9.94. The van der Waals surface area contributed by atoms with Crippen molar-refractivity contribution in [3.63, 3.8) is 0 Å². The van der Waals surface area contributed by atoms with Gasteiger partial charge in [-0.2, -0.15) is 0 Å². The highest BCUT2D eigenvalue weighted by Gasteiger charge is 2.51. The lowest BCUT2D eigenvalue weighted by Gasteiger charge is -2.41. The normalized spacial score (nSPS) is 27.6. The molecule has 2 saturated heterocycles. The number of hydrogen-bond acceptors (Lipinski definition) is 5. The van der Waals surface area contributed by atoms with Crippen LogP contribution in [0.2, 0.25) is 10.0 Å². The van der Waals surface area contributed by atoms with Crippen molar-refractivity contribution < 1.29 is 15.0 Å². The summed E-state index contributed by atoms with van der Waals surface area (Å²) >= 11 is 12.1. The van der Waals surface area contributed by atoms with Crippen LogP contribution >= 0.6 is 23.2 Å². The summed E-state index contributed by atoms with van der Waals surface area (Å²) in [5.74, 6) is 0.0589. The van der Waals surface area contributed by atoms with E-state index in [1.54, 1.807) is 12.1 Å². The zero-order valence-electron chi connectivity index (χ0n) is 17.4. The quantitative estimate of drug-likeness (QED) is 0.689. The maximum atomic E-state index is 12.9. The number of likely N-dealkylation sites (tertiary alicyclic amines) is 1. The van der Waals surface area contributed by atoms with Gasteiger partial charge in [-0.1, -0.05) is 23.2 Å². The predicted molar refractivity (Wildman–Crippen MR) is 119 cm³/mol. The number of anilines is 1. The number of amides is 1. The summed E-state index contributed by atoms with van der Waals surface area (Å²) in [5.41, 5.74) is 1.07. The molecule has 0 bridgehead atoms. The van der Waals surface area contributed by atoms with Crippen LogP contribution in [0.15, 0.2) is 18.2 Å². The number of carbonyl (C=O) groups excluding carboxylic acids is 1. The first-order valence-electron chi connectivity index (χ1n) is 10.9. The van der Waals surface area contributed by atoms with Gasteiger partial charge in [-0.05, 0) is 62.8 Å². The first kappa shape index (κ1) is 22.2. The van der Waals surface area contributed by atoms with Gasteiger partial charge in [0.25, 0.3) is 0 Å². The number of hydrogen-bond donors (Lipinski definition) is 2. The molecule has 1 aromatic rings. The number of piperazine rings is 1. The Morgan fingerprint density at radius 3 is 2.60 bits per heavy atom. The molecule has 3 aliphatic rings. The van der Waals surface area contributed by atoms with Crippen LogP contribution in [-0.2, 0) is 4.79 Å². The summed E-state index contributed by atoms with van der Waals surface area (Å²) in [6.45, 7) is 5.90. The maximum absolute atomic E-state index is 12.9. The molecule has 1 unspecified atom stereocenters. The van der Waals surface area contributed by atoms with E-state index in [-0.39, 0.29) is 23.5 Å². The maximum Gasteiger partial charge on any atom is 0.245 e. The van der Waals surface area contributed by atoms with Crippen LogP contribution < -0.4 is 4.90 Å². The Balaban J connectivity index is 1.25. The molecule has 1 spiro atoms. The van der Waals surface area contributed by atoms with E-state index in [0.717, 1.165) is 31.5 Å². The van der Waals surface area contributed by atoms with Gasteiger partial charge in [-0.15, -0.1) is 0 Å². The number of aliphatic hydroxyl groups excluding tert-OH is 2. The number of carbonyl (C=O) groups is 1. The zero-order valence-corrected chi connectivity index (χ0v) is 18.9. The van der Waals surface area contributed by atoms with E-state index in [1.807, 2.05) is 22.8 Å². The smallest absolute Gasteiger partial charge is 0.245 e. The second kappa shape index (κ2) is 8.83. The number of β-amino-alcohol motifs (C(OH)–C–C–N with tert-alkyl or cyclic N) is 2. The number of nitrogens with zero attached hydrogens (tertiary/aromatic N) is 3. The number of benzene rings is 1. The summed E-state index contributed by atoms with van der Waals surface area (Å²) in [6.07, 6.45) is 3.08. The molecule has 2 heterocycles. The minimum Gasteiger partial charge on any atom is -0.392 e. The molecule has 30 heavy (non-hydrogen) atoms. The lowest BCUT2D eigenvalue weighted by Crippen LogP contribution is -2.56. The molecule has 2 aliphatic heterocycles. The van der Waals surface area contributed by atoms with Gasteiger partial charge >= 0.3 is 0 Å². The third-order valence-corrected chi connectivity index (χ3v) is 7.88. The Bertz CT molecular complexity index is 789. The Morgan fingerprint density at radius 1 is 1.17 bits per heavy atom. The predicted octanol–water partition coefficient (Wildman–Crippen LogP) is 2.63. The van der Waals surface area contributed by atoms with Crippen LogP contribution in [-0.4, -0.2) is 83.4 Å². The molecule has 1 aromatic carbocycles. The summed E-state index contributed by atoms with van der Waals surface area (Å²) in [5, 5.41) is 21.8. The lowest BCUT2D eigenvalue weighted by atomic mass is 9.90. The van der Waals surface area contributed by atoms with E-state index >= 15 is 0 Å². The molecule has 4 rings (SSSR count). The van der Waals surface area contributed by atoms with Crippen molar-refractivity contribution in [1.29, 1.82) is 0 Å². The molecule has 1 amide bonds. The highest BCUT2D eigenvalue weighted by Crippen LogP contribution is 2.53. The molecule has 3 atom stereocenters. The van der Waals surface area contributed by atoms with Gasteiger partial charge in [0.2, 0.25) is 5.91 Å². The van der Waals surface area contributed by atoms with Crippen LogP contribution in [0.5, 0.6) is 0 Å². The highest BCUT2D eigenvalue weighted by molar-refractivity contribution is 6.42. The van der Waals surface area contributed by atoms with Crippen LogP contribution in [0.1, 0.15) is 32.6 Å². The average Bonchev–Trinajstić information content (AvgIpc) is 3.49. The number of rotatable bonds is 6. The van der Waals surface area contributed by atoms with Crippen molar-refractivity contribution in [2.24, 2.45) is 5.41 Å². The summed E-state index contributed by atoms with van der Waals surface area (Å²) in [4.78, 5) is 18.9. The average molecular weight is 456 g/mol. The molecule has 0 aromatic heterocycles. The summed E-state index contributed by atoms with van der Waals surface area (Å²) in [7, 11) is 0. The molecular weight excluding hydrogens is 425 g/mol. The minimum atomic E-state index is -0.498. The van der Waals surface area contributed by atoms with Crippen LogP contribution in [0.4, 0.5) is 5.69 Å². The van der Waals surface area contributed by atoms with Gasteiger partial charge in [0, 0.05) is 38.4 Å². The first-order chi connectivity index (χ1) is 14.3. The molecular formula is C22H31Cl2N3O3. The van der Waals surface area contributed by atoms with Crippen LogP contribution in [0.3, 0.4) is 0 Å². The van der Waals surface area contributed by atoms with E-state index in [2.05, 4.69) is 4.90 Å². The van der Waals surface area contributed by atoms with Crippen molar-refractivity contribution in [2.45, 2.75) is 50.9 Å². The number of aliphatic hydroxyl groups is 2. The highest BCUT2D eigenvalue weighted by atomic mass is 35.5. The number of piperidine rings is 1. The fourth-order valence-corrected chi connectivity index (χ4v) is 5.14. The zero-order chi connectivity index (χ0) is 21.5. The van der Waals surface area contributed by atoms with Crippen molar-refractivity contribution in [3.05, 3.63) is 28.2 Å². The molecule has 0 radical (unpaired) electrons. The van der Waals surface area contributed by atoms with Gasteiger partial charge in [-0.3, -0.25) is 9.69 Å². The fraction of sp³-hybridized carbons (Fsp3) is 0.682. The Labute approximate surface area is 188 Å². The first-order valence-corrected chi connectivity index (χ1v) is 11.6. The largest absolute Gasteiger partial charge is 0.392 e. The van der Waals surface area contributed by atoms with E-state index in [4.69, 9.17) is 23.2 Å². The monoisotopic (exact) mass is 455 g/mol. The van der Waals surface area contributed by atoms with E-state index < -0.39 is 6.10 Å². The van der Waals surface area contributed by atoms with Crippen molar-refractivity contribution in [2.75, 3.05) is 44.2 Å². The number of halogens is 2. The van der Waals surface area contributed by atoms with Gasteiger partial charge in [0.05, 0.1) is 22.3 Å². The molecule has 3 fully saturated rings. The van der Waals surface area contributed by atoms with Crippen molar-refractivity contribution >= 4 is 34.8 Å². The van der Waals surface area contributed by atoms with Crippen LogP contribution in [0, 0.1) is 5.41 Å². The van der Waals surface area contributed by atoms with E-state index in [9.17, 15) is 15.0 Å². The molecule has 166 valence electrons. The Kier molecular flexibility index (Phi) is 6.52. The molecule has 6 nitrogen and oxygen atoms in total. The Hall–Kier alpha value is -1.05. The van der Waals surface area contributed by atoms with Crippen molar-refractivity contribution in [1.82, 2.24) is 9.80 Å². The van der Waals surface area contributed by atoms with Gasteiger partial charge in [0.1, 0.15) is 6.04 Å². The van der Waals surface area contributed by atoms with Crippen molar-refractivity contribution in [3.8, 4) is 0 Å². The van der Waals surface area contributed by atoms with Crippen LogP contribution in [0.25, 0.3) is 0 Å². The topological polar surface area (TPSA) is 67.2 Å². The SMILES string of the molecule is CC1C(=O)N(CC[C@@H](O)CN2CCC3(CC3)[C@H](O)C2)CCN1c1ccc(Cl)c(Cl)c1. The second-order valence-electron chi connectivity index (χ2n) is 9.12. The lowest BCUT2D eigenvalue weighted by molar-refractivity contribution is -0.134. The Morgan fingerprint density at radius 2 is 1.93 bits per heavy atom. The van der Waals surface area contributed by atoms with Gasteiger partial charge in [0.15, 0.2) is 0 Å². The van der Waals surface area contributed by atoms with Gasteiger partial charge < -0.3 is 20.0 Å². The fourth-order valence-electron chi connectivity index (χ4n) is 4.85. The van der Waals surface area contributed by atoms with E-state index in [0.29, 0.717) is 49.2 Å². The minimum absolute atomic E-state index is 0.0589. The third-order valence-electron chi connectivity index (χ3n) is 7.14. The third kappa shape index (κ3) is 4.58. The molecule has 2 N–H and O–H groups in total. The summed E-state index contributed by atoms with van der Waals surface area (Å²) in [6, 6.07) is 5.14. The summed E-state index contributed by atoms with van der Waals surface area (Å²) < 4.78 is 0. The molecule has 8 heteroatoms. The standard InChI is InChI=1S/C22H31Cl2N3O3/c1-15-21(30)26(10-11-27(15)16-2-3-18(23)19(24)12-16)8-4-17(28)13-25-9-7-22(5-6-22)20(29)14-25/h2-3,12,15,17,20,28-29H,4-11,13-14H2,1H3/t15?,17-,20-/m1/s1. The molecule has 1 aliphatic carbocycles. The van der Waals surface area contributed by atoms with Gasteiger partial charge in [-0.25, -0.2) is 0 Å².